The molecule has 2 amide bonds. The Morgan fingerprint density at radius 3 is 2.53 bits per heavy atom. The van der Waals surface area contributed by atoms with Gasteiger partial charge in [0.05, 0.1) is 30.4 Å². The Morgan fingerprint density at radius 2 is 1.81 bits per heavy atom. The van der Waals surface area contributed by atoms with Crippen LogP contribution in [-0.2, 0) is 22.6 Å². The highest BCUT2D eigenvalue weighted by Crippen LogP contribution is 2.31. The molecule has 8 heteroatoms. The van der Waals surface area contributed by atoms with E-state index >= 15 is 0 Å². The zero-order valence-electron chi connectivity index (χ0n) is 19.6. The third-order valence-electron chi connectivity index (χ3n) is 5.80. The lowest BCUT2D eigenvalue weighted by Gasteiger charge is -2.29. The first-order valence-electron chi connectivity index (χ1n) is 11.3. The van der Waals surface area contributed by atoms with Crippen molar-refractivity contribution in [1.82, 2.24) is 10.6 Å². The van der Waals surface area contributed by atoms with Crippen LogP contribution in [0.25, 0.3) is 0 Å². The predicted octanol–water partition coefficient (Wildman–Crippen LogP) is 5.20. The first kappa shape index (κ1) is 24.8. The van der Waals surface area contributed by atoms with Gasteiger partial charge in [-0.05, 0) is 65.9 Å². The molecule has 1 aliphatic heterocycles. The number of aryl methyl sites for hydroxylation is 1. The van der Waals surface area contributed by atoms with Crippen LogP contribution in [0.1, 0.15) is 34.7 Å². The molecule has 1 unspecified atom stereocenters. The van der Waals surface area contributed by atoms with E-state index in [0.29, 0.717) is 45.8 Å². The van der Waals surface area contributed by atoms with Crippen LogP contribution in [0.5, 0.6) is 5.75 Å². The summed E-state index contributed by atoms with van der Waals surface area (Å²) in [7, 11) is 1.61. The Kier molecular flexibility index (Phi) is 7.89. The van der Waals surface area contributed by atoms with E-state index in [0.717, 1.165) is 11.3 Å². The Hall–Kier alpha value is -4.28. The maximum Gasteiger partial charge on any atom is 0.338 e. The quantitative estimate of drug-likeness (QED) is 0.413. The van der Waals surface area contributed by atoms with Crippen molar-refractivity contribution in [3.63, 3.8) is 0 Å². The average Bonchev–Trinajstić information content (AvgIpc) is 2.90. The van der Waals surface area contributed by atoms with Gasteiger partial charge in [-0.3, -0.25) is 0 Å². The number of ether oxygens (including phenoxy) is 2. The van der Waals surface area contributed by atoms with Gasteiger partial charge in [-0.2, -0.15) is 5.26 Å². The Bertz CT molecular complexity index is 1350. The maximum absolute atomic E-state index is 13.4. The molecular formula is C28H24ClN3O4. The number of hydrogen-bond donors (Lipinski definition) is 2. The number of urea groups is 1. The Labute approximate surface area is 214 Å². The van der Waals surface area contributed by atoms with Crippen LogP contribution in [0, 0.1) is 11.3 Å². The number of nitrogens with zero attached hydrogens (tertiary/aromatic N) is 1. The van der Waals surface area contributed by atoms with Crippen LogP contribution >= 0.6 is 11.6 Å². The number of amides is 2. The smallest absolute Gasteiger partial charge is 0.338 e. The molecule has 1 atom stereocenters. The van der Waals surface area contributed by atoms with Gasteiger partial charge in [0.2, 0.25) is 0 Å². The van der Waals surface area contributed by atoms with E-state index < -0.39 is 18.0 Å². The monoisotopic (exact) mass is 501 g/mol. The number of allylic oxidation sites excluding steroid dienone is 1. The van der Waals surface area contributed by atoms with E-state index in [9.17, 15) is 9.59 Å². The van der Waals surface area contributed by atoms with Crippen LogP contribution in [-0.4, -0.2) is 19.1 Å². The second kappa shape index (κ2) is 11.4. The van der Waals surface area contributed by atoms with Gasteiger partial charge in [-0.25, -0.2) is 9.59 Å². The number of hydrogen-bond acceptors (Lipinski definition) is 5. The van der Waals surface area contributed by atoms with E-state index in [1.165, 1.54) is 0 Å². The van der Waals surface area contributed by atoms with Crippen molar-refractivity contribution in [2.24, 2.45) is 0 Å². The topological polar surface area (TPSA) is 100 Å². The zero-order valence-corrected chi connectivity index (χ0v) is 20.3. The molecule has 0 spiro atoms. The van der Waals surface area contributed by atoms with Crippen molar-refractivity contribution in [2.45, 2.75) is 25.5 Å². The standard InChI is InChI=1S/C28H24ClN3O4/c1-35-23-11-8-18(9-12-23)10-13-24-25(27(33)36-17-20-5-2-4-19(14-20)16-30)26(32-28(34)31-24)21-6-3-7-22(29)15-21/h2-9,11-12,14-15,26H,10,13,17H2,1H3,(H2,31,32,34). The minimum absolute atomic E-state index is 0.0141. The molecular weight excluding hydrogens is 478 g/mol. The highest BCUT2D eigenvalue weighted by atomic mass is 35.5. The molecule has 3 aromatic carbocycles. The SMILES string of the molecule is COc1ccc(CCC2=C(C(=O)OCc3cccc(C#N)c3)C(c3cccc(Cl)c3)NC(=O)N2)cc1. The highest BCUT2D eigenvalue weighted by molar-refractivity contribution is 6.30. The van der Waals surface area contributed by atoms with E-state index in [2.05, 4.69) is 16.7 Å². The summed E-state index contributed by atoms with van der Waals surface area (Å²) in [4.78, 5) is 26.0. The molecule has 0 radical (unpaired) electrons. The number of nitriles is 1. The number of methoxy groups -OCH3 is 1. The van der Waals surface area contributed by atoms with Crippen molar-refractivity contribution in [1.29, 1.82) is 5.26 Å². The summed E-state index contributed by atoms with van der Waals surface area (Å²) in [6.07, 6.45) is 0.994. The lowest BCUT2D eigenvalue weighted by atomic mass is 9.93. The third-order valence-corrected chi connectivity index (χ3v) is 6.04. The molecule has 0 fully saturated rings. The van der Waals surface area contributed by atoms with Gasteiger partial charge in [0, 0.05) is 10.7 Å². The van der Waals surface area contributed by atoms with Crippen LogP contribution in [0.3, 0.4) is 0 Å². The number of esters is 1. The van der Waals surface area contributed by atoms with E-state index in [1.54, 1.807) is 55.6 Å². The molecule has 2 N–H and O–H groups in total. The first-order chi connectivity index (χ1) is 17.5. The fraction of sp³-hybridized carbons (Fsp3) is 0.179. The van der Waals surface area contributed by atoms with E-state index in [4.69, 9.17) is 26.3 Å². The Morgan fingerprint density at radius 1 is 1.03 bits per heavy atom. The van der Waals surface area contributed by atoms with Crippen molar-refractivity contribution < 1.29 is 19.1 Å². The predicted molar refractivity (Wildman–Crippen MR) is 135 cm³/mol. The van der Waals surface area contributed by atoms with Crippen molar-refractivity contribution in [3.8, 4) is 11.8 Å². The van der Waals surface area contributed by atoms with E-state index in [-0.39, 0.29) is 6.61 Å². The first-order valence-corrected chi connectivity index (χ1v) is 11.7. The van der Waals surface area contributed by atoms with Crippen molar-refractivity contribution in [3.05, 3.63) is 111 Å². The average molecular weight is 502 g/mol. The molecule has 1 aliphatic rings. The number of nitrogens with one attached hydrogen (secondary N) is 2. The largest absolute Gasteiger partial charge is 0.497 e. The van der Waals surface area contributed by atoms with Gasteiger partial charge in [0.1, 0.15) is 12.4 Å². The molecule has 4 rings (SSSR count). The molecule has 0 aromatic heterocycles. The summed E-state index contributed by atoms with van der Waals surface area (Å²) in [5.74, 6) is 0.179. The van der Waals surface area contributed by atoms with Gasteiger partial charge in [0.25, 0.3) is 0 Å². The van der Waals surface area contributed by atoms with Crippen LogP contribution in [0.15, 0.2) is 84.1 Å². The fourth-order valence-electron chi connectivity index (χ4n) is 4.01. The lowest BCUT2D eigenvalue weighted by molar-refractivity contribution is -0.140. The molecule has 0 saturated heterocycles. The number of rotatable bonds is 8. The summed E-state index contributed by atoms with van der Waals surface area (Å²) in [6.45, 7) is -0.0141. The summed E-state index contributed by atoms with van der Waals surface area (Å²) in [5.41, 5.74) is 3.65. The summed E-state index contributed by atoms with van der Waals surface area (Å²) in [5, 5.41) is 15.2. The van der Waals surface area contributed by atoms with Crippen LogP contribution < -0.4 is 15.4 Å². The second-order valence-electron chi connectivity index (χ2n) is 8.22. The third kappa shape index (κ3) is 6.04. The van der Waals surface area contributed by atoms with Gasteiger partial charge >= 0.3 is 12.0 Å². The number of carbonyl (C=O) groups excluding carboxylic acids is 2. The van der Waals surface area contributed by atoms with Gasteiger partial charge < -0.3 is 20.1 Å². The van der Waals surface area contributed by atoms with Crippen LogP contribution in [0.2, 0.25) is 5.02 Å². The summed E-state index contributed by atoms with van der Waals surface area (Å²) in [6, 6.07) is 22.4. The van der Waals surface area contributed by atoms with Gasteiger partial charge in [-0.15, -0.1) is 0 Å². The molecule has 0 saturated carbocycles. The zero-order chi connectivity index (χ0) is 25.5. The highest BCUT2D eigenvalue weighted by Gasteiger charge is 2.33. The number of halogens is 1. The molecule has 182 valence electrons. The van der Waals surface area contributed by atoms with Crippen molar-refractivity contribution >= 4 is 23.6 Å². The molecule has 0 aliphatic carbocycles. The Balaban J connectivity index is 1.64. The summed E-state index contributed by atoms with van der Waals surface area (Å²) >= 11 is 6.20. The van der Waals surface area contributed by atoms with Gasteiger partial charge in [-0.1, -0.05) is 48.0 Å². The minimum atomic E-state index is -0.735. The number of benzene rings is 3. The van der Waals surface area contributed by atoms with Crippen molar-refractivity contribution in [2.75, 3.05) is 7.11 Å². The van der Waals surface area contributed by atoms with E-state index in [1.807, 2.05) is 24.3 Å². The fourth-order valence-corrected chi connectivity index (χ4v) is 4.21. The molecule has 36 heavy (non-hydrogen) atoms. The second-order valence-corrected chi connectivity index (χ2v) is 8.65. The minimum Gasteiger partial charge on any atom is -0.497 e. The normalized spacial score (nSPS) is 14.9. The molecule has 0 bridgehead atoms. The molecule has 3 aromatic rings. The number of carbonyl (C=O) groups is 2. The van der Waals surface area contributed by atoms with Gasteiger partial charge in [0.15, 0.2) is 0 Å². The molecule has 7 nitrogen and oxygen atoms in total. The summed E-state index contributed by atoms with van der Waals surface area (Å²) < 4.78 is 10.9. The molecule has 1 heterocycles. The maximum atomic E-state index is 13.4. The van der Waals surface area contributed by atoms with Crippen LogP contribution in [0.4, 0.5) is 4.79 Å². The lowest BCUT2D eigenvalue weighted by Crippen LogP contribution is -2.46.